The van der Waals surface area contributed by atoms with Gasteiger partial charge in [-0.25, -0.2) is 8.78 Å². The maximum Gasteiger partial charge on any atom is 0.248 e. The molecule has 0 amide bonds. The highest BCUT2D eigenvalue weighted by Crippen LogP contribution is 2.37. The van der Waals surface area contributed by atoms with E-state index in [1.165, 1.54) is 0 Å². The third-order valence-electron chi connectivity index (χ3n) is 2.76. The summed E-state index contributed by atoms with van der Waals surface area (Å²) in [5.41, 5.74) is 5.74. The summed E-state index contributed by atoms with van der Waals surface area (Å²) in [4.78, 5) is 0. The van der Waals surface area contributed by atoms with Gasteiger partial charge in [-0.3, -0.25) is 0 Å². The maximum absolute atomic E-state index is 12.9. The lowest BCUT2D eigenvalue weighted by Gasteiger charge is -2.32. The van der Waals surface area contributed by atoms with Crippen LogP contribution in [0.25, 0.3) is 0 Å². The molecule has 1 fully saturated rings. The van der Waals surface area contributed by atoms with Gasteiger partial charge in [0.15, 0.2) is 0 Å². The Labute approximate surface area is 72.3 Å². The fourth-order valence-electron chi connectivity index (χ4n) is 1.91. The molecule has 0 aromatic rings. The van der Waals surface area contributed by atoms with Crippen LogP contribution in [0.1, 0.15) is 39.0 Å². The van der Waals surface area contributed by atoms with Crippen molar-refractivity contribution < 1.29 is 8.78 Å². The second-order valence-corrected chi connectivity index (χ2v) is 3.78. The largest absolute Gasteiger partial charge is 0.327 e. The first-order valence-electron chi connectivity index (χ1n) is 4.68. The Hall–Kier alpha value is -0.180. The number of halogens is 2. The standard InChI is InChI=1S/C9H17F2N/c1-2-8(12)7-4-3-5-9(10,11)6-7/h7-8H,2-6,12H2,1H3/t7?,8-/m1/s1. The second kappa shape index (κ2) is 3.69. The Morgan fingerprint density at radius 3 is 2.75 bits per heavy atom. The minimum absolute atomic E-state index is 0.00199. The molecule has 0 aromatic carbocycles. The van der Waals surface area contributed by atoms with E-state index in [0.29, 0.717) is 6.42 Å². The van der Waals surface area contributed by atoms with Gasteiger partial charge in [0.1, 0.15) is 0 Å². The van der Waals surface area contributed by atoms with Crippen molar-refractivity contribution in [3.63, 3.8) is 0 Å². The van der Waals surface area contributed by atoms with Crippen LogP contribution < -0.4 is 5.73 Å². The van der Waals surface area contributed by atoms with Crippen LogP contribution in [0.2, 0.25) is 0 Å². The fraction of sp³-hybridized carbons (Fsp3) is 1.00. The van der Waals surface area contributed by atoms with Crippen LogP contribution in [-0.2, 0) is 0 Å². The average molecular weight is 177 g/mol. The molecule has 2 N–H and O–H groups in total. The summed E-state index contributed by atoms with van der Waals surface area (Å²) in [6.45, 7) is 1.96. The van der Waals surface area contributed by atoms with E-state index >= 15 is 0 Å². The molecule has 12 heavy (non-hydrogen) atoms. The predicted molar refractivity (Wildman–Crippen MR) is 45.2 cm³/mol. The zero-order valence-corrected chi connectivity index (χ0v) is 7.52. The molecule has 0 bridgehead atoms. The average Bonchev–Trinajstić information content (AvgIpc) is 2.01. The zero-order chi connectivity index (χ0) is 9.19. The third kappa shape index (κ3) is 2.41. The molecule has 1 saturated carbocycles. The van der Waals surface area contributed by atoms with Crippen LogP contribution in [0.3, 0.4) is 0 Å². The summed E-state index contributed by atoms with van der Waals surface area (Å²) in [6, 6.07) is -0.0313. The lowest BCUT2D eigenvalue weighted by atomic mass is 9.81. The zero-order valence-electron chi connectivity index (χ0n) is 7.52. The molecule has 72 valence electrons. The fourth-order valence-corrected chi connectivity index (χ4v) is 1.91. The normalized spacial score (nSPS) is 31.5. The van der Waals surface area contributed by atoms with Gasteiger partial charge in [0.2, 0.25) is 5.92 Å². The molecule has 1 nitrogen and oxygen atoms in total. The topological polar surface area (TPSA) is 26.0 Å². The highest BCUT2D eigenvalue weighted by atomic mass is 19.3. The number of hydrogen-bond acceptors (Lipinski definition) is 1. The minimum Gasteiger partial charge on any atom is -0.327 e. The highest BCUT2D eigenvalue weighted by Gasteiger charge is 2.37. The number of rotatable bonds is 2. The van der Waals surface area contributed by atoms with Gasteiger partial charge in [-0.15, -0.1) is 0 Å². The van der Waals surface area contributed by atoms with Crippen molar-refractivity contribution in [3.8, 4) is 0 Å². The van der Waals surface area contributed by atoms with Gasteiger partial charge in [0, 0.05) is 18.9 Å². The number of hydrogen-bond donors (Lipinski definition) is 1. The second-order valence-electron chi connectivity index (χ2n) is 3.78. The first-order valence-corrected chi connectivity index (χ1v) is 4.68. The van der Waals surface area contributed by atoms with Gasteiger partial charge in [0.05, 0.1) is 0 Å². The van der Waals surface area contributed by atoms with Crippen LogP contribution in [0.4, 0.5) is 8.78 Å². The van der Waals surface area contributed by atoms with Crippen molar-refractivity contribution in [1.82, 2.24) is 0 Å². The molecule has 0 spiro atoms. The van der Waals surface area contributed by atoms with E-state index < -0.39 is 5.92 Å². The van der Waals surface area contributed by atoms with Gasteiger partial charge in [-0.2, -0.15) is 0 Å². The summed E-state index contributed by atoms with van der Waals surface area (Å²) in [5.74, 6) is -2.41. The molecule has 1 rings (SSSR count). The Kier molecular flexibility index (Phi) is 3.04. The molecule has 3 heteroatoms. The minimum atomic E-state index is -2.45. The lowest BCUT2D eigenvalue weighted by Crippen LogP contribution is -2.37. The van der Waals surface area contributed by atoms with E-state index in [-0.39, 0.29) is 24.8 Å². The van der Waals surface area contributed by atoms with Crippen LogP contribution in [0, 0.1) is 5.92 Å². The van der Waals surface area contributed by atoms with E-state index in [2.05, 4.69) is 0 Å². The van der Waals surface area contributed by atoms with Crippen molar-refractivity contribution in [3.05, 3.63) is 0 Å². The molecular weight excluding hydrogens is 160 g/mol. The van der Waals surface area contributed by atoms with Crippen LogP contribution in [-0.4, -0.2) is 12.0 Å². The first kappa shape index (κ1) is 9.90. The molecule has 1 unspecified atom stereocenters. The van der Waals surface area contributed by atoms with Crippen LogP contribution >= 0.6 is 0 Å². The van der Waals surface area contributed by atoms with Crippen LogP contribution in [0.5, 0.6) is 0 Å². The molecule has 1 aliphatic rings. The molecule has 2 atom stereocenters. The summed E-state index contributed by atoms with van der Waals surface area (Å²) in [7, 11) is 0. The monoisotopic (exact) mass is 177 g/mol. The molecular formula is C9H17F2N. The van der Waals surface area contributed by atoms with E-state index in [9.17, 15) is 8.78 Å². The number of nitrogens with two attached hydrogens (primary N) is 1. The third-order valence-corrected chi connectivity index (χ3v) is 2.76. The summed E-state index contributed by atoms with van der Waals surface area (Å²) in [6.07, 6.45) is 2.37. The SMILES string of the molecule is CC[C@@H](N)C1CCCC(F)(F)C1. The lowest BCUT2D eigenvalue weighted by molar-refractivity contribution is -0.0562. The first-order chi connectivity index (χ1) is 5.55. The summed E-state index contributed by atoms with van der Waals surface area (Å²) < 4.78 is 25.8. The molecule has 0 radical (unpaired) electrons. The van der Waals surface area contributed by atoms with Crippen molar-refractivity contribution in [2.24, 2.45) is 11.7 Å². The van der Waals surface area contributed by atoms with Crippen LogP contribution in [0.15, 0.2) is 0 Å². The van der Waals surface area contributed by atoms with E-state index in [4.69, 9.17) is 5.73 Å². The Morgan fingerprint density at radius 1 is 1.58 bits per heavy atom. The van der Waals surface area contributed by atoms with Gasteiger partial charge in [-0.1, -0.05) is 6.92 Å². The highest BCUT2D eigenvalue weighted by molar-refractivity contribution is 4.83. The predicted octanol–water partition coefficient (Wildman–Crippen LogP) is 2.55. The van der Waals surface area contributed by atoms with E-state index in [0.717, 1.165) is 12.8 Å². The van der Waals surface area contributed by atoms with Crippen molar-refractivity contribution in [2.75, 3.05) is 0 Å². The summed E-state index contributed by atoms with van der Waals surface area (Å²) >= 11 is 0. The maximum atomic E-state index is 12.9. The Morgan fingerprint density at radius 2 is 2.25 bits per heavy atom. The van der Waals surface area contributed by atoms with E-state index in [1.54, 1.807) is 0 Å². The van der Waals surface area contributed by atoms with Gasteiger partial charge < -0.3 is 5.73 Å². The Balaban J connectivity index is 2.46. The molecule has 0 aliphatic heterocycles. The van der Waals surface area contributed by atoms with Crippen molar-refractivity contribution >= 4 is 0 Å². The van der Waals surface area contributed by atoms with Crippen molar-refractivity contribution in [1.29, 1.82) is 0 Å². The molecule has 0 heterocycles. The molecule has 1 aliphatic carbocycles. The number of alkyl halides is 2. The molecule has 0 aromatic heterocycles. The van der Waals surface area contributed by atoms with Gasteiger partial charge in [0.25, 0.3) is 0 Å². The quantitative estimate of drug-likeness (QED) is 0.689. The molecule has 0 saturated heterocycles. The Bertz CT molecular complexity index is 147. The summed E-state index contributed by atoms with van der Waals surface area (Å²) in [5, 5.41) is 0. The van der Waals surface area contributed by atoms with Gasteiger partial charge >= 0.3 is 0 Å². The van der Waals surface area contributed by atoms with Gasteiger partial charge in [-0.05, 0) is 25.2 Å². The van der Waals surface area contributed by atoms with Crippen molar-refractivity contribution in [2.45, 2.75) is 51.0 Å². The van der Waals surface area contributed by atoms with E-state index in [1.807, 2.05) is 6.92 Å². The smallest absolute Gasteiger partial charge is 0.248 e.